The zero-order valence-corrected chi connectivity index (χ0v) is 9.22. The van der Waals surface area contributed by atoms with Crippen molar-refractivity contribution in [2.75, 3.05) is 0 Å². The Morgan fingerprint density at radius 1 is 0.812 bits per heavy atom. The molecule has 0 aliphatic heterocycles. The number of hydrogen-bond acceptors (Lipinski definition) is 0. The van der Waals surface area contributed by atoms with Gasteiger partial charge in [0.2, 0.25) is 0 Å². The van der Waals surface area contributed by atoms with E-state index in [2.05, 4.69) is 72.4 Å². The van der Waals surface area contributed by atoms with Crippen molar-refractivity contribution in [3.63, 3.8) is 0 Å². The minimum Gasteiger partial charge on any atom is -0.351 e. The molecule has 1 nitrogen and oxygen atoms in total. The van der Waals surface area contributed by atoms with Gasteiger partial charge in [0.25, 0.3) is 0 Å². The van der Waals surface area contributed by atoms with Crippen LogP contribution in [0.15, 0.2) is 60.8 Å². The van der Waals surface area contributed by atoms with E-state index >= 15 is 0 Å². The largest absolute Gasteiger partial charge is 0.351 e. The summed E-state index contributed by atoms with van der Waals surface area (Å²) in [6.07, 6.45) is 2.11. The molecule has 1 heteroatoms. The number of fused-ring (bicyclic) bond motifs is 1. The predicted molar refractivity (Wildman–Crippen MR) is 68.4 cm³/mol. The van der Waals surface area contributed by atoms with Crippen LogP contribution in [-0.2, 0) is 7.05 Å². The Bertz CT molecular complexity index is 620. The Morgan fingerprint density at radius 2 is 1.62 bits per heavy atom. The maximum absolute atomic E-state index is 2.18. The molecule has 1 heterocycles. The number of nitrogens with zero attached hydrogens (tertiary/aromatic N) is 1. The fraction of sp³-hybridized carbons (Fsp3) is 0.0667. The molecule has 16 heavy (non-hydrogen) atoms. The molecule has 0 saturated carbocycles. The third kappa shape index (κ3) is 1.33. The number of aromatic nitrogens is 1. The molecule has 0 amide bonds. The van der Waals surface area contributed by atoms with Crippen LogP contribution >= 0.6 is 0 Å². The Labute approximate surface area is 95.0 Å². The molecule has 0 saturated heterocycles. The summed E-state index contributed by atoms with van der Waals surface area (Å²) in [5.74, 6) is 0. The lowest BCUT2D eigenvalue weighted by atomic mass is 10.0. The quantitative estimate of drug-likeness (QED) is 0.571. The van der Waals surface area contributed by atoms with Gasteiger partial charge >= 0.3 is 0 Å². The third-order valence-electron chi connectivity index (χ3n) is 3.01. The molecular weight excluding hydrogens is 194 g/mol. The second kappa shape index (κ2) is 3.53. The Kier molecular flexibility index (Phi) is 2.03. The fourth-order valence-electron chi connectivity index (χ4n) is 2.17. The molecule has 0 fully saturated rings. The standard InChI is InChI=1S/C15H13N/c1-16-11-10-14-13(8-5-9-15(14)16)12-6-3-2-4-7-12/h2-11H,1H3. The zero-order chi connectivity index (χ0) is 11.0. The number of rotatable bonds is 1. The topological polar surface area (TPSA) is 4.93 Å². The molecule has 3 rings (SSSR count). The van der Waals surface area contributed by atoms with E-state index in [1.807, 2.05) is 0 Å². The van der Waals surface area contributed by atoms with Crippen molar-refractivity contribution in [1.29, 1.82) is 0 Å². The summed E-state index contributed by atoms with van der Waals surface area (Å²) in [7, 11) is 2.08. The summed E-state index contributed by atoms with van der Waals surface area (Å²) in [5.41, 5.74) is 3.86. The van der Waals surface area contributed by atoms with Crippen molar-refractivity contribution in [2.45, 2.75) is 0 Å². The highest BCUT2D eigenvalue weighted by atomic mass is 14.9. The van der Waals surface area contributed by atoms with Gasteiger partial charge in [0, 0.05) is 24.1 Å². The first-order valence-corrected chi connectivity index (χ1v) is 5.46. The van der Waals surface area contributed by atoms with Gasteiger partial charge in [-0.25, -0.2) is 0 Å². The van der Waals surface area contributed by atoms with E-state index in [0.29, 0.717) is 0 Å². The minimum absolute atomic E-state index is 1.28. The lowest BCUT2D eigenvalue weighted by molar-refractivity contribution is 0.969. The van der Waals surface area contributed by atoms with Gasteiger partial charge in [-0.05, 0) is 23.3 Å². The van der Waals surface area contributed by atoms with Crippen molar-refractivity contribution in [1.82, 2.24) is 4.57 Å². The number of benzene rings is 2. The lowest BCUT2D eigenvalue weighted by Gasteiger charge is -2.04. The Balaban J connectivity index is 2.32. The summed E-state index contributed by atoms with van der Waals surface area (Å²) in [6.45, 7) is 0. The summed E-state index contributed by atoms with van der Waals surface area (Å²) in [6, 6.07) is 19.1. The molecule has 0 unspecified atom stereocenters. The van der Waals surface area contributed by atoms with E-state index in [4.69, 9.17) is 0 Å². The van der Waals surface area contributed by atoms with Crippen LogP contribution in [0.2, 0.25) is 0 Å². The van der Waals surface area contributed by atoms with Gasteiger partial charge in [-0.2, -0.15) is 0 Å². The predicted octanol–water partition coefficient (Wildman–Crippen LogP) is 3.85. The highest BCUT2D eigenvalue weighted by Gasteiger charge is 2.04. The molecule has 0 aliphatic rings. The molecule has 0 atom stereocenters. The zero-order valence-electron chi connectivity index (χ0n) is 9.22. The summed E-state index contributed by atoms with van der Waals surface area (Å²) >= 11 is 0. The summed E-state index contributed by atoms with van der Waals surface area (Å²) < 4.78 is 2.15. The molecule has 1 aromatic heterocycles. The summed E-state index contributed by atoms with van der Waals surface area (Å²) in [5, 5.41) is 1.32. The molecule has 3 aromatic rings. The van der Waals surface area contributed by atoms with Crippen molar-refractivity contribution in [3.8, 4) is 11.1 Å². The van der Waals surface area contributed by atoms with Crippen LogP contribution in [0, 0.1) is 0 Å². The van der Waals surface area contributed by atoms with Crippen molar-refractivity contribution in [2.24, 2.45) is 7.05 Å². The average molecular weight is 207 g/mol. The van der Waals surface area contributed by atoms with Crippen LogP contribution in [0.1, 0.15) is 0 Å². The average Bonchev–Trinajstić information content (AvgIpc) is 2.73. The normalized spacial score (nSPS) is 10.8. The van der Waals surface area contributed by atoms with E-state index in [9.17, 15) is 0 Å². The molecule has 0 spiro atoms. The van der Waals surface area contributed by atoms with Gasteiger partial charge in [-0.3, -0.25) is 0 Å². The van der Waals surface area contributed by atoms with Crippen LogP contribution in [-0.4, -0.2) is 4.57 Å². The molecule has 0 aliphatic carbocycles. The lowest BCUT2D eigenvalue weighted by Crippen LogP contribution is -1.84. The van der Waals surface area contributed by atoms with Gasteiger partial charge in [-0.15, -0.1) is 0 Å². The molecule has 0 bridgehead atoms. The fourth-order valence-corrected chi connectivity index (χ4v) is 2.17. The number of aryl methyl sites for hydroxylation is 1. The molecular formula is C15H13N. The Morgan fingerprint density at radius 3 is 2.44 bits per heavy atom. The second-order valence-electron chi connectivity index (χ2n) is 4.03. The van der Waals surface area contributed by atoms with Gasteiger partial charge < -0.3 is 4.57 Å². The van der Waals surface area contributed by atoms with Crippen molar-refractivity contribution < 1.29 is 0 Å². The van der Waals surface area contributed by atoms with E-state index in [0.717, 1.165) is 0 Å². The van der Waals surface area contributed by atoms with Crippen LogP contribution in [0.3, 0.4) is 0 Å². The van der Waals surface area contributed by atoms with E-state index in [-0.39, 0.29) is 0 Å². The third-order valence-corrected chi connectivity index (χ3v) is 3.01. The molecule has 78 valence electrons. The van der Waals surface area contributed by atoms with Gasteiger partial charge in [0.1, 0.15) is 0 Å². The monoisotopic (exact) mass is 207 g/mol. The van der Waals surface area contributed by atoms with E-state index in [1.54, 1.807) is 0 Å². The van der Waals surface area contributed by atoms with Gasteiger partial charge in [-0.1, -0.05) is 42.5 Å². The maximum Gasteiger partial charge on any atom is 0.0483 e. The smallest absolute Gasteiger partial charge is 0.0483 e. The van der Waals surface area contributed by atoms with Crippen LogP contribution in [0.5, 0.6) is 0 Å². The van der Waals surface area contributed by atoms with E-state index < -0.39 is 0 Å². The summed E-state index contributed by atoms with van der Waals surface area (Å²) in [4.78, 5) is 0. The van der Waals surface area contributed by atoms with Crippen LogP contribution in [0.4, 0.5) is 0 Å². The first-order valence-electron chi connectivity index (χ1n) is 5.46. The molecule has 2 aromatic carbocycles. The first kappa shape index (κ1) is 9.22. The molecule has 0 radical (unpaired) electrons. The van der Waals surface area contributed by atoms with Crippen LogP contribution in [0.25, 0.3) is 22.0 Å². The minimum atomic E-state index is 1.28. The second-order valence-corrected chi connectivity index (χ2v) is 4.03. The Hall–Kier alpha value is -2.02. The maximum atomic E-state index is 2.18. The highest BCUT2D eigenvalue weighted by Crippen LogP contribution is 2.28. The van der Waals surface area contributed by atoms with Gasteiger partial charge in [0.15, 0.2) is 0 Å². The molecule has 0 N–H and O–H groups in total. The van der Waals surface area contributed by atoms with Crippen LogP contribution < -0.4 is 0 Å². The number of hydrogen-bond donors (Lipinski definition) is 0. The van der Waals surface area contributed by atoms with Crippen molar-refractivity contribution in [3.05, 3.63) is 60.8 Å². The van der Waals surface area contributed by atoms with Gasteiger partial charge in [0.05, 0.1) is 0 Å². The first-order chi connectivity index (χ1) is 7.86. The van der Waals surface area contributed by atoms with Crippen molar-refractivity contribution >= 4 is 10.9 Å². The highest BCUT2D eigenvalue weighted by molar-refractivity contribution is 5.95. The SMILES string of the molecule is Cn1ccc2c(-c3ccccc3)cccc21. The van der Waals surface area contributed by atoms with E-state index in [1.165, 1.54) is 22.0 Å².